The van der Waals surface area contributed by atoms with Crippen LogP contribution in [-0.4, -0.2) is 19.3 Å². The Balaban J connectivity index is 1.90. The van der Waals surface area contributed by atoms with Crippen molar-refractivity contribution in [3.05, 3.63) is 84.6 Å². The summed E-state index contributed by atoms with van der Waals surface area (Å²) in [6.45, 7) is 0. The summed E-state index contributed by atoms with van der Waals surface area (Å²) in [4.78, 5) is 18.8. The number of hydrogen-bond acceptors (Lipinski definition) is 4. The summed E-state index contributed by atoms with van der Waals surface area (Å²) in [5, 5.41) is -1.27. The van der Waals surface area contributed by atoms with Gasteiger partial charge in [0.15, 0.2) is 15.1 Å². The average molecular weight is 350 g/mol. The molecule has 0 bridgehead atoms. The third-order valence-corrected chi connectivity index (χ3v) is 6.17. The van der Waals surface area contributed by atoms with Gasteiger partial charge >= 0.3 is 0 Å². The van der Waals surface area contributed by atoms with Gasteiger partial charge < -0.3 is 0 Å². The zero-order valence-corrected chi connectivity index (χ0v) is 13.9. The van der Waals surface area contributed by atoms with E-state index in [1.807, 2.05) is 0 Å². The van der Waals surface area contributed by atoms with Crippen molar-refractivity contribution in [2.75, 3.05) is 4.90 Å². The van der Waals surface area contributed by atoms with Gasteiger partial charge in [-0.05, 0) is 30.3 Å². The summed E-state index contributed by atoms with van der Waals surface area (Å²) < 4.78 is 26.2. The van der Waals surface area contributed by atoms with Gasteiger partial charge in [0.2, 0.25) is 0 Å². The average Bonchev–Trinajstić information content (AvgIpc) is 2.95. The first kappa shape index (κ1) is 15.5. The summed E-state index contributed by atoms with van der Waals surface area (Å²) in [6, 6.07) is 20.2. The highest BCUT2D eigenvalue weighted by atomic mass is 32.2. The molecule has 0 fully saturated rings. The highest BCUT2D eigenvalue weighted by molar-refractivity contribution is 7.92. The summed E-state index contributed by atoms with van der Waals surface area (Å²) >= 11 is 0. The number of aromatic nitrogens is 1. The van der Waals surface area contributed by atoms with Crippen molar-refractivity contribution in [3.8, 4) is 0 Å². The van der Waals surface area contributed by atoms with Crippen molar-refractivity contribution >= 4 is 27.2 Å². The monoisotopic (exact) mass is 350 g/mol. The smallest absolute Gasteiger partial charge is 0.256 e. The van der Waals surface area contributed by atoms with E-state index in [1.54, 1.807) is 66.9 Å². The number of anilines is 2. The van der Waals surface area contributed by atoms with E-state index in [1.165, 1.54) is 17.0 Å². The SMILES string of the molecule is O=C1[C@H](S(=O)(=O)c2ccccc2)c2ccccc2N1c1ccccn1. The van der Waals surface area contributed by atoms with Crippen LogP contribution in [0, 0.1) is 0 Å². The summed E-state index contributed by atoms with van der Waals surface area (Å²) in [7, 11) is -3.86. The molecule has 0 radical (unpaired) electrons. The summed E-state index contributed by atoms with van der Waals surface area (Å²) in [6.07, 6.45) is 1.57. The predicted molar refractivity (Wildman–Crippen MR) is 94.2 cm³/mol. The number of amides is 1. The van der Waals surface area contributed by atoms with Crippen molar-refractivity contribution in [1.82, 2.24) is 4.98 Å². The molecule has 0 unspecified atom stereocenters. The second-order valence-corrected chi connectivity index (χ2v) is 7.69. The second kappa shape index (κ2) is 5.82. The Labute approximate surface area is 145 Å². The lowest BCUT2D eigenvalue weighted by Crippen LogP contribution is -2.28. The number of hydrogen-bond donors (Lipinski definition) is 0. The van der Waals surface area contributed by atoms with Crippen LogP contribution in [-0.2, 0) is 14.6 Å². The van der Waals surface area contributed by atoms with Crippen molar-refractivity contribution in [1.29, 1.82) is 0 Å². The molecule has 0 saturated carbocycles. The van der Waals surface area contributed by atoms with Gasteiger partial charge in [0.05, 0.1) is 10.6 Å². The number of fused-ring (bicyclic) bond motifs is 1. The third kappa shape index (κ3) is 2.42. The Morgan fingerprint density at radius 2 is 1.52 bits per heavy atom. The van der Waals surface area contributed by atoms with Gasteiger partial charge in [-0.25, -0.2) is 13.4 Å². The quantitative estimate of drug-likeness (QED) is 0.727. The van der Waals surface area contributed by atoms with Crippen LogP contribution >= 0.6 is 0 Å². The highest BCUT2D eigenvalue weighted by Crippen LogP contribution is 2.45. The molecule has 1 aromatic heterocycles. The molecule has 0 N–H and O–H groups in total. The fraction of sp³-hybridized carbons (Fsp3) is 0.0526. The minimum atomic E-state index is -3.86. The van der Waals surface area contributed by atoms with Crippen molar-refractivity contribution in [2.24, 2.45) is 0 Å². The van der Waals surface area contributed by atoms with E-state index in [0.29, 0.717) is 17.1 Å². The van der Waals surface area contributed by atoms with Crippen LogP contribution in [0.15, 0.2) is 83.9 Å². The Morgan fingerprint density at radius 3 is 2.24 bits per heavy atom. The minimum Gasteiger partial charge on any atom is -0.272 e. The van der Waals surface area contributed by atoms with Gasteiger partial charge in [-0.3, -0.25) is 9.69 Å². The molecular weight excluding hydrogens is 336 g/mol. The third-order valence-electron chi connectivity index (χ3n) is 4.17. The van der Waals surface area contributed by atoms with Crippen LogP contribution in [0.2, 0.25) is 0 Å². The van der Waals surface area contributed by atoms with Gasteiger partial charge in [0.1, 0.15) is 5.82 Å². The van der Waals surface area contributed by atoms with E-state index >= 15 is 0 Å². The maximum Gasteiger partial charge on any atom is 0.256 e. The predicted octanol–water partition coefficient (Wildman–Crippen LogP) is 3.27. The Bertz CT molecular complexity index is 1030. The molecule has 1 aliphatic heterocycles. The number of benzene rings is 2. The van der Waals surface area contributed by atoms with Gasteiger partial charge in [-0.15, -0.1) is 0 Å². The normalized spacial score (nSPS) is 16.7. The number of carbonyl (C=O) groups is 1. The van der Waals surface area contributed by atoms with Gasteiger partial charge in [0.25, 0.3) is 5.91 Å². The molecule has 1 aliphatic rings. The zero-order valence-electron chi connectivity index (χ0n) is 13.1. The van der Waals surface area contributed by atoms with E-state index in [9.17, 15) is 13.2 Å². The molecule has 124 valence electrons. The number of rotatable bonds is 3. The molecule has 1 atom stereocenters. The Kier molecular flexibility index (Phi) is 3.62. The number of para-hydroxylation sites is 1. The molecular formula is C19H14N2O3S. The van der Waals surface area contributed by atoms with Crippen LogP contribution in [0.4, 0.5) is 11.5 Å². The molecule has 5 nitrogen and oxygen atoms in total. The molecule has 25 heavy (non-hydrogen) atoms. The van der Waals surface area contributed by atoms with E-state index < -0.39 is 21.0 Å². The molecule has 1 amide bonds. The lowest BCUT2D eigenvalue weighted by Gasteiger charge is -2.16. The summed E-state index contributed by atoms with van der Waals surface area (Å²) in [5.74, 6) is -0.102. The van der Waals surface area contributed by atoms with Gasteiger partial charge in [-0.1, -0.05) is 42.5 Å². The van der Waals surface area contributed by atoms with E-state index in [-0.39, 0.29) is 4.90 Å². The van der Waals surface area contributed by atoms with Gasteiger partial charge in [-0.2, -0.15) is 0 Å². The first-order valence-electron chi connectivity index (χ1n) is 7.73. The van der Waals surface area contributed by atoms with Crippen LogP contribution in [0.25, 0.3) is 0 Å². The fourth-order valence-electron chi connectivity index (χ4n) is 3.05. The minimum absolute atomic E-state index is 0.131. The van der Waals surface area contributed by atoms with Crippen LogP contribution in [0.1, 0.15) is 10.8 Å². The molecule has 0 aliphatic carbocycles. The Hall–Kier alpha value is -2.99. The molecule has 2 aromatic carbocycles. The lowest BCUT2D eigenvalue weighted by atomic mass is 10.1. The van der Waals surface area contributed by atoms with E-state index in [0.717, 1.165) is 0 Å². The number of carbonyl (C=O) groups excluding carboxylic acids is 1. The Morgan fingerprint density at radius 1 is 0.840 bits per heavy atom. The van der Waals surface area contributed by atoms with Crippen molar-refractivity contribution in [3.63, 3.8) is 0 Å². The topological polar surface area (TPSA) is 67.3 Å². The summed E-state index contributed by atoms with van der Waals surface area (Å²) in [5.41, 5.74) is 1.03. The number of sulfone groups is 1. The molecule has 0 spiro atoms. The standard InChI is InChI=1S/C19H14N2O3S/c22-19-18(25(23,24)14-8-2-1-3-9-14)15-10-4-5-11-16(15)21(19)17-12-6-7-13-20-17/h1-13,18H/t18-/m1/s1. The second-order valence-electron chi connectivity index (χ2n) is 5.66. The molecule has 3 aromatic rings. The first-order valence-corrected chi connectivity index (χ1v) is 9.28. The molecule has 0 saturated heterocycles. The van der Waals surface area contributed by atoms with Crippen LogP contribution in [0.5, 0.6) is 0 Å². The zero-order chi connectivity index (χ0) is 17.4. The molecule has 4 rings (SSSR count). The van der Waals surface area contributed by atoms with Crippen LogP contribution < -0.4 is 4.90 Å². The van der Waals surface area contributed by atoms with Crippen molar-refractivity contribution < 1.29 is 13.2 Å². The first-order chi connectivity index (χ1) is 12.1. The largest absolute Gasteiger partial charge is 0.272 e. The fourth-order valence-corrected chi connectivity index (χ4v) is 4.76. The molecule has 2 heterocycles. The maximum absolute atomic E-state index is 13.1. The van der Waals surface area contributed by atoms with Crippen molar-refractivity contribution in [2.45, 2.75) is 10.1 Å². The van der Waals surface area contributed by atoms with E-state index in [4.69, 9.17) is 0 Å². The lowest BCUT2D eigenvalue weighted by molar-refractivity contribution is -0.117. The highest BCUT2D eigenvalue weighted by Gasteiger charge is 2.46. The number of pyridine rings is 1. The maximum atomic E-state index is 13.1. The molecule has 6 heteroatoms. The van der Waals surface area contributed by atoms with Crippen LogP contribution in [0.3, 0.4) is 0 Å². The number of nitrogens with zero attached hydrogens (tertiary/aromatic N) is 2. The van der Waals surface area contributed by atoms with E-state index in [2.05, 4.69) is 4.98 Å². The van der Waals surface area contributed by atoms with Gasteiger partial charge in [0, 0.05) is 11.8 Å².